The lowest BCUT2D eigenvalue weighted by Gasteiger charge is -2.31. The topological polar surface area (TPSA) is 3.24 Å². The van der Waals surface area contributed by atoms with Gasteiger partial charge in [0, 0.05) is 12.1 Å². The molecule has 0 spiro atoms. The molecule has 1 unspecified atom stereocenters. The first-order chi connectivity index (χ1) is 8.63. The monoisotopic (exact) mass is 255 g/mol. The van der Waals surface area contributed by atoms with Crippen molar-refractivity contribution < 1.29 is 0 Å². The number of hydrogen-bond acceptors (Lipinski definition) is 1. The molecule has 0 heterocycles. The second-order valence-corrected chi connectivity index (χ2v) is 6.04. The van der Waals surface area contributed by atoms with Gasteiger partial charge >= 0.3 is 0 Å². The molecule has 0 aromatic heterocycles. The van der Waals surface area contributed by atoms with Gasteiger partial charge < -0.3 is 0 Å². The first-order valence-corrected chi connectivity index (χ1v) is 8.39. The van der Waals surface area contributed by atoms with Gasteiger partial charge in [-0.05, 0) is 33.7 Å². The molecule has 0 N–H and O–H groups in total. The molecule has 0 rings (SSSR count). The van der Waals surface area contributed by atoms with Crippen LogP contribution in [0, 0.1) is 0 Å². The highest BCUT2D eigenvalue weighted by atomic mass is 15.2. The van der Waals surface area contributed by atoms with Crippen LogP contribution in [0.25, 0.3) is 0 Å². The maximum atomic E-state index is 2.61. The predicted octanol–water partition coefficient (Wildman–Crippen LogP) is 5.64. The summed E-state index contributed by atoms with van der Waals surface area (Å²) < 4.78 is 0. The van der Waals surface area contributed by atoms with Crippen LogP contribution in [-0.4, -0.2) is 23.5 Å². The minimum atomic E-state index is 0.694. The summed E-state index contributed by atoms with van der Waals surface area (Å²) in [5.74, 6) is 0. The maximum absolute atomic E-state index is 2.61. The molecule has 1 nitrogen and oxygen atoms in total. The molecule has 0 saturated carbocycles. The minimum absolute atomic E-state index is 0.694. The Labute approximate surface area is 116 Å². The fourth-order valence-electron chi connectivity index (χ4n) is 2.93. The standard InChI is InChI=1S/C17H37N/c1-6-8-9-10-11-12-13-14-15-17(5)18(7-2)16(3)4/h16-17H,6-15H2,1-5H3. The lowest BCUT2D eigenvalue weighted by atomic mass is 10.0. The van der Waals surface area contributed by atoms with Crippen molar-refractivity contribution in [2.24, 2.45) is 0 Å². The third-order valence-corrected chi connectivity index (χ3v) is 4.07. The first kappa shape index (κ1) is 18.0. The Kier molecular flexibility index (Phi) is 12.0. The first-order valence-electron chi connectivity index (χ1n) is 8.39. The predicted molar refractivity (Wildman–Crippen MR) is 84.2 cm³/mol. The highest BCUT2D eigenvalue weighted by Gasteiger charge is 2.14. The van der Waals surface area contributed by atoms with E-state index in [9.17, 15) is 0 Å². The number of hydrogen-bond donors (Lipinski definition) is 0. The Morgan fingerprint density at radius 3 is 1.67 bits per heavy atom. The van der Waals surface area contributed by atoms with Gasteiger partial charge in [-0.15, -0.1) is 0 Å². The molecule has 0 bridgehead atoms. The van der Waals surface area contributed by atoms with Crippen molar-refractivity contribution >= 4 is 0 Å². The molecule has 0 aliphatic carbocycles. The highest BCUT2D eigenvalue weighted by Crippen LogP contribution is 2.14. The van der Waals surface area contributed by atoms with Gasteiger partial charge in [-0.1, -0.05) is 65.2 Å². The lowest BCUT2D eigenvalue weighted by Crippen LogP contribution is -2.38. The summed E-state index contributed by atoms with van der Waals surface area (Å²) in [5, 5.41) is 0. The van der Waals surface area contributed by atoms with E-state index in [2.05, 4.69) is 39.5 Å². The van der Waals surface area contributed by atoms with Gasteiger partial charge in [-0.3, -0.25) is 4.90 Å². The van der Waals surface area contributed by atoms with Gasteiger partial charge in [-0.2, -0.15) is 0 Å². The van der Waals surface area contributed by atoms with Crippen molar-refractivity contribution in [2.45, 2.75) is 104 Å². The van der Waals surface area contributed by atoms with Gasteiger partial charge in [0.2, 0.25) is 0 Å². The van der Waals surface area contributed by atoms with Crippen LogP contribution in [0.4, 0.5) is 0 Å². The van der Waals surface area contributed by atoms with Crippen LogP contribution in [0.2, 0.25) is 0 Å². The largest absolute Gasteiger partial charge is 0.299 e. The second kappa shape index (κ2) is 12.0. The van der Waals surface area contributed by atoms with Crippen LogP contribution in [0.3, 0.4) is 0 Å². The van der Waals surface area contributed by atoms with Gasteiger partial charge in [0.25, 0.3) is 0 Å². The van der Waals surface area contributed by atoms with Gasteiger partial charge in [0.15, 0.2) is 0 Å². The Morgan fingerprint density at radius 1 is 0.722 bits per heavy atom. The third kappa shape index (κ3) is 8.97. The number of unbranched alkanes of at least 4 members (excludes halogenated alkanes) is 7. The van der Waals surface area contributed by atoms with Crippen LogP contribution < -0.4 is 0 Å². The van der Waals surface area contributed by atoms with E-state index < -0.39 is 0 Å². The average Bonchev–Trinajstić information content (AvgIpc) is 2.33. The molecular weight excluding hydrogens is 218 g/mol. The maximum Gasteiger partial charge on any atom is 0.00695 e. The fourth-order valence-corrected chi connectivity index (χ4v) is 2.93. The second-order valence-electron chi connectivity index (χ2n) is 6.04. The Morgan fingerprint density at radius 2 is 1.22 bits per heavy atom. The zero-order valence-electron chi connectivity index (χ0n) is 13.7. The molecule has 0 saturated heterocycles. The van der Waals surface area contributed by atoms with E-state index in [4.69, 9.17) is 0 Å². The Balaban J connectivity index is 3.42. The average molecular weight is 255 g/mol. The Bertz CT molecular complexity index is 165. The van der Waals surface area contributed by atoms with E-state index in [1.54, 1.807) is 0 Å². The van der Waals surface area contributed by atoms with Crippen LogP contribution >= 0.6 is 0 Å². The summed E-state index contributed by atoms with van der Waals surface area (Å²) in [6.07, 6.45) is 12.8. The number of nitrogens with zero attached hydrogens (tertiary/aromatic N) is 1. The third-order valence-electron chi connectivity index (χ3n) is 4.07. The van der Waals surface area contributed by atoms with Crippen LogP contribution in [0.5, 0.6) is 0 Å². The summed E-state index contributed by atoms with van der Waals surface area (Å²) >= 11 is 0. The normalized spacial score (nSPS) is 13.5. The quantitative estimate of drug-likeness (QED) is 0.408. The summed E-state index contributed by atoms with van der Waals surface area (Å²) in [6, 6.07) is 1.45. The zero-order chi connectivity index (χ0) is 13.8. The van der Waals surface area contributed by atoms with Gasteiger partial charge in [-0.25, -0.2) is 0 Å². The molecule has 110 valence electrons. The van der Waals surface area contributed by atoms with E-state index in [0.29, 0.717) is 6.04 Å². The van der Waals surface area contributed by atoms with E-state index in [1.807, 2.05) is 0 Å². The van der Waals surface area contributed by atoms with Crippen molar-refractivity contribution in [3.63, 3.8) is 0 Å². The van der Waals surface area contributed by atoms with Crippen molar-refractivity contribution in [2.75, 3.05) is 6.54 Å². The molecule has 0 aliphatic rings. The van der Waals surface area contributed by atoms with Crippen molar-refractivity contribution in [1.29, 1.82) is 0 Å². The van der Waals surface area contributed by atoms with Crippen molar-refractivity contribution in [3.05, 3.63) is 0 Å². The molecule has 0 fully saturated rings. The van der Waals surface area contributed by atoms with E-state index in [-0.39, 0.29) is 0 Å². The molecule has 0 radical (unpaired) electrons. The molecule has 1 heteroatoms. The minimum Gasteiger partial charge on any atom is -0.299 e. The molecule has 0 aliphatic heterocycles. The molecule has 18 heavy (non-hydrogen) atoms. The molecule has 0 aromatic carbocycles. The fraction of sp³-hybridized carbons (Fsp3) is 1.00. The van der Waals surface area contributed by atoms with E-state index in [0.717, 1.165) is 6.04 Å². The summed E-state index contributed by atoms with van der Waals surface area (Å²) in [7, 11) is 0. The van der Waals surface area contributed by atoms with Crippen LogP contribution in [0.1, 0.15) is 92.4 Å². The molecule has 0 amide bonds. The zero-order valence-corrected chi connectivity index (χ0v) is 13.7. The lowest BCUT2D eigenvalue weighted by molar-refractivity contribution is 0.163. The van der Waals surface area contributed by atoms with Crippen molar-refractivity contribution in [3.8, 4) is 0 Å². The number of rotatable bonds is 12. The van der Waals surface area contributed by atoms with Crippen molar-refractivity contribution in [1.82, 2.24) is 4.90 Å². The highest BCUT2D eigenvalue weighted by molar-refractivity contribution is 4.69. The van der Waals surface area contributed by atoms with Gasteiger partial charge in [0.05, 0.1) is 0 Å². The van der Waals surface area contributed by atoms with Gasteiger partial charge in [0.1, 0.15) is 0 Å². The summed E-state index contributed by atoms with van der Waals surface area (Å²) in [4.78, 5) is 2.61. The smallest absolute Gasteiger partial charge is 0.00695 e. The van der Waals surface area contributed by atoms with Crippen LogP contribution in [-0.2, 0) is 0 Å². The molecule has 0 aromatic rings. The molecular formula is C17H37N. The SMILES string of the molecule is CCCCCCCCCCC(C)N(CC)C(C)C. The molecule has 1 atom stereocenters. The summed E-state index contributed by atoms with van der Waals surface area (Å²) in [6.45, 7) is 12.8. The summed E-state index contributed by atoms with van der Waals surface area (Å²) in [5.41, 5.74) is 0. The Hall–Kier alpha value is -0.0400. The van der Waals surface area contributed by atoms with E-state index >= 15 is 0 Å². The van der Waals surface area contributed by atoms with E-state index in [1.165, 1.54) is 64.3 Å². The van der Waals surface area contributed by atoms with Crippen LogP contribution in [0.15, 0.2) is 0 Å².